The number of aryl methyl sites for hydroxylation is 1. The molecule has 1 aromatic heterocycles. The number of benzene rings is 1. The molecule has 0 aliphatic carbocycles. The number of nitrogens with one attached hydrogen (secondary N) is 2. The minimum absolute atomic E-state index is 0. The summed E-state index contributed by atoms with van der Waals surface area (Å²) in [5, 5.41) is 4.48. The van der Waals surface area contributed by atoms with Crippen molar-refractivity contribution in [2.24, 2.45) is 0 Å². The molecule has 2 heterocycles. The first-order chi connectivity index (χ1) is 9.97. The summed E-state index contributed by atoms with van der Waals surface area (Å²) in [4.78, 5) is 1.17. The Bertz CT molecular complexity index is 768. The van der Waals surface area contributed by atoms with Crippen LogP contribution >= 0.6 is 35.3 Å². The standard InChI is InChI=1S/C14H17ClN2O2S2.ClH/c1-9-14(12-7-10(15)4-5-13(12)20-9)21(18,19)17-11-3-2-6-16-8-11;/h4-5,7,11,16-17H,2-3,6,8H2,1H3;1H. The summed E-state index contributed by atoms with van der Waals surface area (Å²) >= 11 is 7.50. The zero-order valence-corrected chi connectivity index (χ0v) is 15.3. The molecule has 0 amide bonds. The van der Waals surface area contributed by atoms with Crippen LogP contribution in [0.1, 0.15) is 17.7 Å². The Balaban J connectivity index is 0.00000176. The zero-order valence-electron chi connectivity index (χ0n) is 12.1. The second kappa shape index (κ2) is 7.03. The number of sulfonamides is 1. The first-order valence-electron chi connectivity index (χ1n) is 6.89. The molecule has 0 saturated carbocycles. The van der Waals surface area contributed by atoms with Gasteiger partial charge in [0.15, 0.2) is 0 Å². The molecule has 0 radical (unpaired) electrons. The van der Waals surface area contributed by atoms with Crippen LogP contribution in [0.4, 0.5) is 0 Å². The van der Waals surface area contributed by atoms with E-state index in [1.807, 2.05) is 13.0 Å². The van der Waals surface area contributed by atoms with Crippen molar-refractivity contribution in [2.45, 2.75) is 30.7 Å². The molecular weight excluding hydrogens is 363 g/mol. The number of hydrogen-bond donors (Lipinski definition) is 2. The number of thiophene rings is 1. The van der Waals surface area contributed by atoms with E-state index in [2.05, 4.69) is 10.0 Å². The predicted octanol–water partition coefficient (Wildman–Crippen LogP) is 3.32. The Labute approximate surface area is 145 Å². The highest BCUT2D eigenvalue weighted by Crippen LogP contribution is 2.35. The maximum atomic E-state index is 12.7. The van der Waals surface area contributed by atoms with Gasteiger partial charge in [0.05, 0.1) is 0 Å². The lowest BCUT2D eigenvalue weighted by Crippen LogP contribution is -2.45. The zero-order chi connectivity index (χ0) is 15.0. The molecule has 0 bridgehead atoms. The molecule has 1 aliphatic rings. The molecule has 1 saturated heterocycles. The Morgan fingerprint density at radius 1 is 1.41 bits per heavy atom. The van der Waals surface area contributed by atoms with Gasteiger partial charge in [0, 0.05) is 32.6 Å². The van der Waals surface area contributed by atoms with Gasteiger partial charge in [0.25, 0.3) is 0 Å². The lowest BCUT2D eigenvalue weighted by atomic mass is 10.1. The molecule has 1 atom stereocenters. The molecule has 2 aromatic rings. The van der Waals surface area contributed by atoms with E-state index < -0.39 is 10.0 Å². The maximum Gasteiger partial charge on any atom is 0.242 e. The molecule has 1 fully saturated rings. The van der Waals surface area contributed by atoms with Crippen LogP contribution in [0.25, 0.3) is 10.1 Å². The van der Waals surface area contributed by atoms with E-state index in [-0.39, 0.29) is 18.4 Å². The Morgan fingerprint density at radius 3 is 2.86 bits per heavy atom. The van der Waals surface area contributed by atoms with Crippen LogP contribution in [-0.2, 0) is 10.0 Å². The first-order valence-corrected chi connectivity index (χ1v) is 9.57. The number of halogens is 2. The van der Waals surface area contributed by atoms with E-state index in [1.54, 1.807) is 12.1 Å². The van der Waals surface area contributed by atoms with Crippen molar-refractivity contribution in [3.05, 3.63) is 28.1 Å². The van der Waals surface area contributed by atoms with Gasteiger partial charge in [0.1, 0.15) is 4.90 Å². The monoisotopic (exact) mass is 380 g/mol. The van der Waals surface area contributed by atoms with Crippen molar-refractivity contribution >= 4 is 55.5 Å². The van der Waals surface area contributed by atoms with Crippen molar-refractivity contribution in [3.8, 4) is 0 Å². The topological polar surface area (TPSA) is 58.2 Å². The van der Waals surface area contributed by atoms with Gasteiger partial charge in [-0.05, 0) is 44.5 Å². The third kappa shape index (κ3) is 3.58. The van der Waals surface area contributed by atoms with Gasteiger partial charge in [-0.15, -0.1) is 23.7 Å². The van der Waals surface area contributed by atoms with E-state index in [0.717, 1.165) is 29.0 Å². The lowest BCUT2D eigenvalue weighted by molar-refractivity contribution is 0.429. The van der Waals surface area contributed by atoms with Gasteiger partial charge in [-0.1, -0.05) is 11.6 Å². The van der Waals surface area contributed by atoms with Crippen LogP contribution in [0.5, 0.6) is 0 Å². The predicted molar refractivity (Wildman–Crippen MR) is 95.0 cm³/mol. The molecule has 3 rings (SSSR count). The fraction of sp³-hybridized carbons (Fsp3) is 0.429. The van der Waals surface area contributed by atoms with Crippen molar-refractivity contribution in [1.29, 1.82) is 0 Å². The van der Waals surface area contributed by atoms with Gasteiger partial charge in [-0.25, -0.2) is 13.1 Å². The van der Waals surface area contributed by atoms with E-state index in [1.165, 1.54) is 11.3 Å². The quantitative estimate of drug-likeness (QED) is 0.858. The van der Waals surface area contributed by atoms with Crippen molar-refractivity contribution in [2.75, 3.05) is 13.1 Å². The Kier molecular flexibility index (Phi) is 5.74. The second-order valence-corrected chi connectivity index (χ2v) is 8.64. The number of rotatable bonds is 3. The highest BCUT2D eigenvalue weighted by atomic mass is 35.5. The molecule has 0 spiro atoms. The van der Waals surface area contributed by atoms with E-state index in [4.69, 9.17) is 11.6 Å². The number of piperidine rings is 1. The second-order valence-electron chi connectivity index (χ2n) is 5.29. The summed E-state index contributed by atoms with van der Waals surface area (Å²) < 4.78 is 29.2. The Morgan fingerprint density at radius 2 is 2.18 bits per heavy atom. The van der Waals surface area contributed by atoms with Crippen molar-refractivity contribution in [3.63, 3.8) is 0 Å². The molecule has 8 heteroatoms. The SMILES string of the molecule is Cc1sc2ccc(Cl)cc2c1S(=O)(=O)NC1CCCNC1.Cl. The summed E-state index contributed by atoms with van der Waals surface area (Å²) in [7, 11) is -3.53. The summed E-state index contributed by atoms with van der Waals surface area (Å²) in [6.45, 7) is 3.47. The van der Waals surface area contributed by atoms with Crippen LogP contribution < -0.4 is 10.0 Å². The van der Waals surface area contributed by atoms with Gasteiger partial charge in [0.2, 0.25) is 10.0 Å². The fourth-order valence-electron chi connectivity index (χ4n) is 2.73. The van der Waals surface area contributed by atoms with Crippen molar-refractivity contribution in [1.82, 2.24) is 10.0 Å². The number of fused-ring (bicyclic) bond motifs is 1. The molecular formula is C14H18Cl2N2O2S2. The van der Waals surface area contributed by atoms with Crippen LogP contribution in [0, 0.1) is 6.92 Å². The summed E-state index contributed by atoms with van der Waals surface area (Å²) in [5.74, 6) is 0. The minimum atomic E-state index is -3.53. The molecule has 1 aromatic carbocycles. The highest BCUT2D eigenvalue weighted by molar-refractivity contribution is 7.90. The van der Waals surface area contributed by atoms with Gasteiger partial charge >= 0.3 is 0 Å². The van der Waals surface area contributed by atoms with Crippen LogP contribution in [0.2, 0.25) is 5.02 Å². The molecule has 22 heavy (non-hydrogen) atoms. The summed E-state index contributed by atoms with van der Waals surface area (Å²) in [6.07, 6.45) is 1.86. The van der Waals surface area contributed by atoms with Gasteiger partial charge < -0.3 is 5.32 Å². The third-order valence-corrected chi connectivity index (χ3v) is 6.81. The normalized spacial score (nSPS) is 19.1. The molecule has 122 valence electrons. The molecule has 1 aliphatic heterocycles. The van der Waals surface area contributed by atoms with Crippen LogP contribution in [0.3, 0.4) is 0 Å². The average Bonchev–Trinajstić information content (AvgIpc) is 2.75. The molecule has 1 unspecified atom stereocenters. The fourth-order valence-corrected chi connectivity index (χ4v) is 5.96. The molecule has 4 nitrogen and oxygen atoms in total. The highest BCUT2D eigenvalue weighted by Gasteiger charge is 2.26. The first kappa shape index (κ1) is 18.0. The Hall–Kier alpha value is -0.370. The van der Waals surface area contributed by atoms with Gasteiger partial charge in [-0.3, -0.25) is 0 Å². The maximum absolute atomic E-state index is 12.7. The van der Waals surface area contributed by atoms with Crippen molar-refractivity contribution < 1.29 is 8.42 Å². The minimum Gasteiger partial charge on any atom is -0.315 e. The van der Waals surface area contributed by atoms with E-state index >= 15 is 0 Å². The van der Waals surface area contributed by atoms with Gasteiger partial charge in [-0.2, -0.15) is 0 Å². The largest absolute Gasteiger partial charge is 0.315 e. The van der Waals surface area contributed by atoms with E-state index in [9.17, 15) is 8.42 Å². The molecule has 2 N–H and O–H groups in total. The third-order valence-electron chi connectivity index (χ3n) is 3.66. The van der Waals surface area contributed by atoms with E-state index in [0.29, 0.717) is 21.8 Å². The smallest absolute Gasteiger partial charge is 0.242 e. The summed E-state index contributed by atoms with van der Waals surface area (Å²) in [6, 6.07) is 5.34. The number of hydrogen-bond acceptors (Lipinski definition) is 4. The van der Waals surface area contributed by atoms with Crippen LogP contribution in [0.15, 0.2) is 23.1 Å². The average molecular weight is 381 g/mol. The van der Waals surface area contributed by atoms with Crippen LogP contribution in [-0.4, -0.2) is 27.5 Å². The summed E-state index contributed by atoms with van der Waals surface area (Å²) in [5.41, 5.74) is 0. The lowest BCUT2D eigenvalue weighted by Gasteiger charge is -2.23.